The van der Waals surface area contributed by atoms with Crippen LogP contribution in [-0.4, -0.2) is 47.7 Å². The van der Waals surface area contributed by atoms with Gasteiger partial charge < -0.3 is 14.7 Å². The third-order valence-electron chi connectivity index (χ3n) is 3.18. The van der Waals surface area contributed by atoms with Crippen LogP contribution in [0.15, 0.2) is 26.9 Å². The van der Waals surface area contributed by atoms with Gasteiger partial charge in [0.15, 0.2) is 6.04 Å². The molecule has 2 heterocycles. The van der Waals surface area contributed by atoms with Gasteiger partial charge >= 0.3 is 5.97 Å². The van der Waals surface area contributed by atoms with E-state index in [4.69, 9.17) is 9.84 Å². The quantitative estimate of drug-likeness (QED) is 0.904. The molecule has 2 aliphatic heterocycles. The van der Waals surface area contributed by atoms with E-state index in [2.05, 4.69) is 8.73 Å². The van der Waals surface area contributed by atoms with Crippen molar-refractivity contribution in [1.82, 2.24) is 4.90 Å². The summed E-state index contributed by atoms with van der Waals surface area (Å²) < 4.78 is 13.3. The van der Waals surface area contributed by atoms with E-state index in [-0.39, 0.29) is 19.1 Å². The molecule has 0 saturated carbocycles. The summed E-state index contributed by atoms with van der Waals surface area (Å²) in [6.45, 7) is 0.626. The molecule has 1 aromatic rings. The lowest BCUT2D eigenvalue weighted by Crippen LogP contribution is -2.52. The van der Waals surface area contributed by atoms with Gasteiger partial charge in [0.2, 0.25) is 0 Å². The zero-order valence-electron chi connectivity index (χ0n) is 10.4. The number of amides is 1. The number of hydrogen-bond acceptors (Lipinski definition) is 5. The third kappa shape index (κ3) is 2.23. The number of carbonyl (C=O) groups is 2. The molecular formula is C12H11N3O4S. The Bertz CT molecular complexity index is 654. The van der Waals surface area contributed by atoms with Crippen LogP contribution in [0, 0.1) is 0 Å². The first-order valence-corrected chi connectivity index (χ1v) is 6.73. The van der Waals surface area contributed by atoms with E-state index >= 15 is 0 Å². The topological polar surface area (TPSA) is 91.6 Å². The van der Waals surface area contributed by atoms with Gasteiger partial charge in [0.1, 0.15) is 11.4 Å². The molecular weight excluding hydrogens is 282 g/mol. The van der Waals surface area contributed by atoms with Crippen LogP contribution in [0.3, 0.4) is 0 Å². The van der Waals surface area contributed by atoms with Crippen LogP contribution in [0.2, 0.25) is 0 Å². The number of carbonyl (C=O) groups excluding carboxylic acids is 1. The molecule has 20 heavy (non-hydrogen) atoms. The van der Waals surface area contributed by atoms with E-state index in [1.54, 1.807) is 18.2 Å². The van der Waals surface area contributed by atoms with Crippen molar-refractivity contribution in [3.8, 4) is 0 Å². The minimum atomic E-state index is -1.06. The molecule has 1 N–H and O–H groups in total. The number of ether oxygens (including phenoxy) is 1. The van der Waals surface area contributed by atoms with Crippen molar-refractivity contribution in [3.05, 3.63) is 23.8 Å². The Kier molecular flexibility index (Phi) is 3.33. The summed E-state index contributed by atoms with van der Waals surface area (Å²) in [4.78, 5) is 24.9. The SMILES string of the molecule is O=C(O)C1COCCN1C(=O)c1ccc2c(c1)N=S=N2. The van der Waals surface area contributed by atoms with Crippen molar-refractivity contribution < 1.29 is 19.4 Å². The van der Waals surface area contributed by atoms with Crippen LogP contribution in [0.25, 0.3) is 0 Å². The van der Waals surface area contributed by atoms with E-state index < -0.39 is 12.0 Å². The summed E-state index contributed by atoms with van der Waals surface area (Å²) in [6, 6.07) is 4.04. The molecule has 2 aliphatic rings. The number of rotatable bonds is 2. The lowest BCUT2D eigenvalue weighted by atomic mass is 10.1. The maximum Gasteiger partial charge on any atom is 0.328 e. The Balaban J connectivity index is 1.88. The van der Waals surface area contributed by atoms with Gasteiger partial charge in [-0.3, -0.25) is 4.79 Å². The molecule has 104 valence electrons. The predicted octanol–water partition coefficient (Wildman–Crippen LogP) is 1.34. The van der Waals surface area contributed by atoms with Crippen LogP contribution in [0.4, 0.5) is 11.4 Å². The second-order valence-electron chi connectivity index (χ2n) is 4.40. The van der Waals surface area contributed by atoms with Gasteiger partial charge in [0.25, 0.3) is 5.91 Å². The first kappa shape index (κ1) is 12.9. The minimum absolute atomic E-state index is 0.0155. The van der Waals surface area contributed by atoms with Crippen LogP contribution in [0.5, 0.6) is 0 Å². The normalized spacial score (nSPS) is 20.4. The summed E-state index contributed by atoms with van der Waals surface area (Å²) in [5.41, 5.74) is 1.78. The third-order valence-corrected chi connectivity index (χ3v) is 3.73. The number of aliphatic carboxylic acids is 1. The number of benzene rings is 1. The molecule has 7 nitrogen and oxygen atoms in total. The molecule has 1 saturated heterocycles. The molecule has 1 atom stereocenters. The maximum atomic E-state index is 12.4. The first-order valence-electron chi connectivity index (χ1n) is 6.00. The smallest absolute Gasteiger partial charge is 0.328 e. The van der Waals surface area contributed by atoms with Crippen molar-refractivity contribution in [2.75, 3.05) is 19.8 Å². The van der Waals surface area contributed by atoms with Gasteiger partial charge in [-0.25, -0.2) is 4.79 Å². The largest absolute Gasteiger partial charge is 0.480 e. The van der Waals surface area contributed by atoms with E-state index in [1.165, 1.54) is 4.90 Å². The van der Waals surface area contributed by atoms with Crippen molar-refractivity contribution >= 4 is 34.6 Å². The fourth-order valence-corrected chi connectivity index (χ4v) is 2.65. The zero-order chi connectivity index (χ0) is 14.1. The number of carboxylic acids is 1. The lowest BCUT2D eigenvalue weighted by molar-refractivity contribution is -0.147. The summed E-state index contributed by atoms with van der Waals surface area (Å²) in [5, 5.41) is 9.15. The van der Waals surface area contributed by atoms with E-state index in [9.17, 15) is 9.59 Å². The highest BCUT2D eigenvalue weighted by Gasteiger charge is 2.33. The van der Waals surface area contributed by atoms with Crippen molar-refractivity contribution in [1.29, 1.82) is 0 Å². The second-order valence-corrected chi connectivity index (χ2v) is 4.92. The van der Waals surface area contributed by atoms with Crippen LogP contribution in [-0.2, 0) is 20.9 Å². The lowest BCUT2D eigenvalue weighted by Gasteiger charge is -2.32. The molecule has 0 spiro atoms. The van der Waals surface area contributed by atoms with E-state index in [0.717, 1.165) is 17.0 Å². The van der Waals surface area contributed by atoms with Crippen LogP contribution >= 0.6 is 0 Å². The van der Waals surface area contributed by atoms with Gasteiger partial charge in [-0.2, -0.15) is 8.73 Å². The van der Waals surface area contributed by atoms with Crippen molar-refractivity contribution in [2.45, 2.75) is 6.04 Å². The van der Waals surface area contributed by atoms with Gasteiger partial charge in [-0.15, -0.1) is 0 Å². The molecule has 1 unspecified atom stereocenters. The highest BCUT2D eigenvalue weighted by molar-refractivity contribution is 7.58. The van der Waals surface area contributed by atoms with Gasteiger partial charge in [0, 0.05) is 12.1 Å². The standard InChI is InChI=1S/C12H11N3O4S/c16-11(15-3-4-19-6-10(15)12(17)18)7-1-2-8-9(5-7)14-20-13-8/h1-2,5,10H,3-4,6H2,(H,17,18). The minimum Gasteiger partial charge on any atom is -0.480 e. The van der Waals surface area contributed by atoms with Crippen LogP contribution in [0.1, 0.15) is 10.4 Å². The van der Waals surface area contributed by atoms with Gasteiger partial charge in [0.05, 0.1) is 24.6 Å². The van der Waals surface area contributed by atoms with Crippen molar-refractivity contribution in [2.24, 2.45) is 8.73 Å². The average molecular weight is 293 g/mol. The molecule has 0 aromatic heterocycles. The zero-order valence-corrected chi connectivity index (χ0v) is 11.2. The summed E-state index contributed by atoms with van der Waals surface area (Å²) >= 11 is 1.08. The summed E-state index contributed by atoms with van der Waals surface area (Å²) in [5.74, 6) is -1.38. The Morgan fingerprint density at radius 3 is 2.95 bits per heavy atom. The Labute approximate surface area is 118 Å². The molecule has 1 amide bonds. The monoisotopic (exact) mass is 293 g/mol. The molecule has 3 rings (SSSR count). The number of morpholine rings is 1. The molecule has 1 aromatic carbocycles. The Morgan fingerprint density at radius 2 is 2.15 bits per heavy atom. The number of fused-ring (bicyclic) bond motifs is 1. The summed E-state index contributed by atoms with van der Waals surface area (Å²) in [7, 11) is 0. The fourth-order valence-electron chi connectivity index (χ4n) is 2.13. The molecule has 0 radical (unpaired) electrons. The van der Waals surface area contributed by atoms with E-state index in [1.807, 2.05) is 0 Å². The molecule has 8 heteroatoms. The highest BCUT2D eigenvalue weighted by Crippen LogP contribution is 2.32. The second kappa shape index (κ2) is 5.14. The summed E-state index contributed by atoms with van der Waals surface area (Å²) in [6.07, 6.45) is 0. The molecule has 1 fully saturated rings. The van der Waals surface area contributed by atoms with Crippen molar-refractivity contribution in [3.63, 3.8) is 0 Å². The Morgan fingerprint density at radius 1 is 1.35 bits per heavy atom. The van der Waals surface area contributed by atoms with E-state index in [0.29, 0.717) is 17.9 Å². The number of carboxylic acid groups (broad SMARTS) is 1. The fraction of sp³-hybridized carbons (Fsp3) is 0.333. The molecule has 0 bridgehead atoms. The average Bonchev–Trinajstić information content (AvgIpc) is 2.93. The molecule has 0 aliphatic carbocycles. The highest BCUT2D eigenvalue weighted by atomic mass is 32.1. The number of nitrogens with zero attached hydrogens (tertiary/aromatic N) is 3. The predicted molar refractivity (Wildman–Crippen MR) is 71.3 cm³/mol. The van der Waals surface area contributed by atoms with Gasteiger partial charge in [-0.1, -0.05) is 0 Å². The van der Waals surface area contributed by atoms with Crippen LogP contribution < -0.4 is 0 Å². The van der Waals surface area contributed by atoms with Gasteiger partial charge in [-0.05, 0) is 18.2 Å². The number of hydrogen-bond donors (Lipinski definition) is 1. The maximum absolute atomic E-state index is 12.4. The first-order chi connectivity index (χ1) is 9.66. The Hall–Kier alpha value is -2.06.